The van der Waals surface area contributed by atoms with Crippen LogP contribution in [0.1, 0.15) is 70.0 Å². The molecule has 5 bridgehead atoms. The lowest BCUT2D eigenvalue weighted by molar-refractivity contribution is -0.159. The van der Waals surface area contributed by atoms with Crippen LogP contribution in [-0.2, 0) is 28.7 Å². The molecule has 4 heterocycles. The number of cyclic esters (lactones) is 1. The number of fused-ring (bicyclic) bond motifs is 2. The van der Waals surface area contributed by atoms with Crippen LogP contribution in [0.4, 0.5) is 0 Å². The summed E-state index contributed by atoms with van der Waals surface area (Å²) in [7, 11) is 0. The molecule has 0 unspecified atom stereocenters. The van der Waals surface area contributed by atoms with Crippen molar-refractivity contribution in [3.05, 3.63) is 60.2 Å². The van der Waals surface area contributed by atoms with E-state index in [2.05, 4.69) is 12.2 Å². The quantitative estimate of drug-likeness (QED) is 0.238. The number of benzene rings is 1. The number of carbonyl (C=O) groups is 4. The molecule has 0 radical (unpaired) electrons. The Balaban J connectivity index is 1.50. The molecule has 6 atom stereocenters. The van der Waals surface area contributed by atoms with Gasteiger partial charge in [0.2, 0.25) is 17.7 Å². The number of allylic oxidation sites excluding steroid dienone is 1. The highest BCUT2D eigenvalue weighted by Gasteiger charge is 2.73. The maximum Gasteiger partial charge on any atom is 0.313 e. The molecule has 0 saturated carbocycles. The molecule has 4 aliphatic rings. The van der Waals surface area contributed by atoms with E-state index in [4.69, 9.17) is 9.47 Å². The average molecular weight is 608 g/mol. The molecular formula is C34H45N3O7. The first-order valence-corrected chi connectivity index (χ1v) is 16.2. The van der Waals surface area contributed by atoms with Gasteiger partial charge in [0.15, 0.2) is 0 Å². The number of hydrogen-bond acceptors (Lipinski definition) is 7. The van der Waals surface area contributed by atoms with Gasteiger partial charge in [-0.2, -0.15) is 0 Å². The van der Waals surface area contributed by atoms with Gasteiger partial charge < -0.3 is 29.7 Å². The molecule has 4 aliphatic heterocycles. The lowest BCUT2D eigenvalue weighted by atomic mass is 9.74. The number of aliphatic hydroxyl groups is 1. The summed E-state index contributed by atoms with van der Waals surface area (Å²) in [6.45, 7) is 3.51. The molecule has 2 saturated heterocycles. The minimum atomic E-state index is -1.26. The average Bonchev–Trinajstić information content (AvgIpc) is 3.67. The number of esters is 1. The fourth-order valence-corrected chi connectivity index (χ4v) is 6.96. The monoisotopic (exact) mass is 607 g/mol. The summed E-state index contributed by atoms with van der Waals surface area (Å²) in [4.78, 5) is 58.8. The van der Waals surface area contributed by atoms with Crippen molar-refractivity contribution in [1.29, 1.82) is 0 Å². The number of amides is 3. The zero-order chi connectivity index (χ0) is 31.1. The zero-order valence-electron chi connectivity index (χ0n) is 25.6. The summed E-state index contributed by atoms with van der Waals surface area (Å²) in [5, 5.41) is 12.1. The van der Waals surface area contributed by atoms with E-state index in [0.717, 1.165) is 31.2 Å². The molecule has 1 spiro atoms. The van der Waals surface area contributed by atoms with Crippen molar-refractivity contribution in [3.63, 3.8) is 0 Å². The van der Waals surface area contributed by atoms with Gasteiger partial charge in [0.1, 0.15) is 23.7 Å². The van der Waals surface area contributed by atoms with Crippen LogP contribution in [0.2, 0.25) is 0 Å². The third-order valence-corrected chi connectivity index (χ3v) is 9.23. The van der Waals surface area contributed by atoms with Crippen molar-refractivity contribution in [3.8, 4) is 0 Å². The number of hydrogen-bond donors (Lipinski definition) is 2. The Morgan fingerprint density at radius 1 is 0.977 bits per heavy atom. The smallest absolute Gasteiger partial charge is 0.313 e. The van der Waals surface area contributed by atoms with E-state index in [1.807, 2.05) is 48.6 Å². The predicted octanol–water partition coefficient (Wildman–Crippen LogP) is 3.07. The van der Waals surface area contributed by atoms with Crippen LogP contribution >= 0.6 is 0 Å². The van der Waals surface area contributed by atoms with Crippen LogP contribution in [0.15, 0.2) is 54.6 Å². The highest BCUT2D eigenvalue weighted by molar-refractivity contribution is 5.99. The Hall–Kier alpha value is -3.50. The first-order valence-electron chi connectivity index (χ1n) is 16.2. The topological polar surface area (TPSA) is 125 Å². The molecule has 5 rings (SSSR count). The number of likely N-dealkylation sites (tertiary alicyclic amines) is 1. The second-order valence-electron chi connectivity index (χ2n) is 12.2. The number of ether oxygens (including phenoxy) is 2. The van der Waals surface area contributed by atoms with Crippen molar-refractivity contribution < 1.29 is 33.8 Å². The van der Waals surface area contributed by atoms with Gasteiger partial charge in [-0.25, -0.2) is 0 Å². The summed E-state index contributed by atoms with van der Waals surface area (Å²) >= 11 is 0. The maximum atomic E-state index is 14.5. The highest BCUT2D eigenvalue weighted by atomic mass is 16.6. The molecule has 10 heteroatoms. The largest absolute Gasteiger partial charge is 0.455 e. The first-order chi connectivity index (χ1) is 21.4. The Kier molecular flexibility index (Phi) is 10.5. The van der Waals surface area contributed by atoms with Gasteiger partial charge in [-0.05, 0) is 31.2 Å². The van der Waals surface area contributed by atoms with Crippen LogP contribution in [0, 0.1) is 11.8 Å². The van der Waals surface area contributed by atoms with Crippen LogP contribution < -0.4 is 5.32 Å². The van der Waals surface area contributed by atoms with E-state index in [9.17, 15) is 24.3 Å². The second kappa shape index (κ2) is 14.5. The minimum absolute atomic E-state index is 0.0992. The molecule has 44 heavy (non-hydrogen) atoms. The van der Waals surface area contributed by atoms with Crippen LogP contribution in [0.25, 0.3) is 0 Å². The summed E-state index contributed by atoms with van der Waals surface area (Å²) < 4.78 is 12.6. The van der Waals surface area contributed by atoms with Gasteiger partial charge in [-0.3, -0.25) is 19.2 Å². The zero-order valence-corrected chi connectivity index (χ0v) is 25.6. The Labute approximate surface area is 259 Å². The van der Waals surface area contributed by atoms with Gasteiger partial charge in [-0.15, -0.1) is 0 Å². The molecule has 0 aliphatic carbocycles. The van der Waals surface area contributed by atoms with E-state index in [1.54, 1.807) is 15.9 Å². The first kappa shape index (κ1) is 31.9. The normalized spacial score (nSPS) is 31.3. The number of carbonyl (C=O) groups excluding carboxylic acids is 4. The molecule has 238 valence electrons. The van der Waals surface area contributed by atoms with Crippen LogP contribution in [0.3, 0.4) is 0 Å². The predicted molar refractivity (Wildman–Crippen MR) is 163 cm³/mol. The maximum absolute atomic E-state index is 14.5. The second-order valence-corrected chi connectivity index (χ2v) is 12.2. The van der Waals surface area contributed by atoms with Gasteiger partial charge in [0, 0.05) is 32.7 Å². The summed E-state index contributed by atoms with van der Waals surface area (Å²) in [6, 6.07) is 8.33. The molecule has 0 aromatic heterocycles. The van der Waals surface area contributed by atoms with Crippen molar-refractivity contribution in [2.45, 2.75) is 82.1 Å². The standard InChI is InChI=1S/C34H45N3O7/c1-2-3-19-36-20-11-7-10-16-27(39)35-23-26(24-14-8-6-9-15-24)43-33(42)28-25-17-18-34(44-25)29(28)31(40)37(30(34)32(36)41)21-12-4-5-13-22-38/h6-9,11,14-15,17-18,25-26,28-30,38H,2-5,10,12-13,16,19-23H2,1H3,(H,35,39)/b11-7-/t25-,26-,28+,29+,30-,34+/m0/s1. The lowest BCUT2D eigenvalue weighted by Crippen LogP contribution is -2.56. The summed E-state index contributed by atoms with van der Waals surface area (Å²) in [5.74, 6) is -3.00. The fourth-order valence-electron chi connectivity index (χ4n) is 6.96. The van der Waals surface area contributed by atoms with Crippen molar-refractivity contribution >= 4 is 23.7 Å². The molecule has 1 aromatic carbocycles. The summed E-state index contributed by atoms with van der Waals surface area (Å²) in [6.07, 6.45) is 11.5. The van der Waals surface area contributed by atoms with Gasteiger partial charge in [0.05, 0.1) is 18.6 Å². The molecular weight excluding hydrogens is 562 g/mol. The SMILES string of the molecule is CCCCN1C/C=C\CCC(=O)NC[C@@H](c2ccccc2)OC(=O)[C@@H]2[C@@H]3C=C[C@]4(O3)[C@H](C1=O)N(CCCCCCO)C(=O)[C@@H]24. The van der Waals surface area contributed by atoms with E-state index < -0.39 is 41.7 Å². The number of nitrogens with one attached hydrogen (secondary N) is 1. The third kappa shape index (κ3) is 6.47. The molecule has 10 nitrogen and oxygen atoms in total. The number of rotatable bonds is 10. The third-order valence-electron chi connectivity index (χ3n) is 9.23. The number of nitrogens with zero attached hydrogens (tertiary/aromatic N) is 2. The highest BCUT2D eigenvalue weighted by Crippen LogP contribution is 2.55. The fraction of sp³-hybridized carbons (Fsp3) is 0.588. The van der Waals surface area contributed by atoms with Gasteiger partial charge in [-0.1, -0.05) is 80.8 Å². The van der Waals surface area contributed by atoms with E-state index >= 15 is 0 Å². The molecule has 2 fully saturated rings. The van der Waals surface area contributed by atoms with E-state index in [-0.39, 0.29) is 37.3 Å². The van der Waals surface area contributed by atoms with Gasteiger partial charge >= 0.3 is 5.97 Å². The van der Waals surface area contributed by atoms with Crippen LogP contribution in [-0.4, -0.2) is 89.1 Å². The molecule has 3 amide bonds. The van der Waals surface area contributed by atoms with E-state index in [1.165, 1.54) is 0 Å². The number of unbranched alkanes of at least 4 members (excludes halogenated alkanes) is 4. The molecule has 1 aromatic rings. The Bertz CT molecular complexity index is 1250. The Morgan fingerprint density at radius 3 is 2.55 bits per heavy atom. The van der Waals surface area contributed by atoms with Crippen molar-refractivity contribution in [2.24, 2.45) is 11.8 Å². The minimum Gasteiger partial charge on any atom is -0.455 e. The summed E-state index contributed by atoms with van der Waals surface area (Å²) in [5.41, 5.74) is -0.526. The van der Waals surface area contributed by atoms with E-state index in [0.29, 0.717) is 38.9 Å². The molecule has 2 N–H and O–H groups in total. The van der Waals surface area contributed by atoms with Gasteiger partial charge in [0.25, 0.3) is 0 Å². The Morgan fingerprint density at radius 2 is 1.77 bits per heavy atom. The van der Waals surface area contributed by atoms with Crippen LogP contribution in [0.5, 0.6) is 0 Å². The van der Waals surface area contributed by atoms with Crippen molar-refractivity contribution in [1.82, 2.24) is 15.1 Å². The lowest BCUT2D eigenvalue weighted by Gasteiger charge is -2.36. The van der Waals surface area contributed by atoms with Crippen molar-refractivity contribution in [2.75, 3.05) is 32.8 Å². The number of aliphatic hydroxyl groups excluding tert-OH is 1.